The molecule has 2 heterocycles. The first-order valence-electron chi connectivity index (χ1n) is 5.40. The van der Waals surface area contributed by atoms with Crippen molar-refractivity contribution < 1.29 is 4.74 Å². The zero-order valence-corrected chi connectivity index (χ0v) is 9.85. The Morgan fingerprint density at radius 1 is 1.67 bits per heavy atom. The molecule has 1 aliphatic heterocycles. The van der Waals surface area contributed by atoms with Crippen LogP contribution in [0.4, 0.5) is 0 Å². The second-order valence-electron chi connectivity index (χ2n) is 4.13. The standard InChI is InChI=1S/C11H18N2OS/c1-8-2-3-11(15-8)10(13-12)6-9-4-5-14-7-9/h2-3,9-10,13H,4-7,12H2,1H3. The van der Waals surface area contributed by atoms with Crippen molar-refractivity contribution in [1.29, 1.82) is 0 Å². The molecule has 1 aromatic heterocycles. The fourth-order valence-corrected chi connectivity index (χ4v) is 2.96. The van der Waals surface area contributed by atoms with Crippen LogP contribution in [-0.4, -0.2) is 13.2 Å². The predicted octanol–water partition coefficient (Wildman–Crippen LogP) is 1.99. The number of hydrazine groups is 1. The molecule has 1 aromatic rings. The molecule has 2 atom stereocenters. The van der Waals surface area contributed by atoms with Gasteiger partial charge in [-0.2, -0.15) is 0 Å². The van der Waals surface area contributed by atoms with E-state index in [9.17, 15) is 0 Å². The average Bonchev–Trinajstić information content (AvgIpc) is 2.85. The molecule has 1 aliphatic rings. The first kappa shape index (κ1) is 11.1. The van der Waals surface area contributed by atoms with Crippen LogP contribution in [-0.2, 0) is 4.74 Å². The molecule has 0 aromatic carbocycles. The highest BCUT2D eigenvalue weighted by atomic mass is 32.1. The molecule has 0 amide bonds. The van der Waals surface area contributed by atoms with Crippen LogP contribution in [0.15, 0.2) is 12.1 Å². The van der Waals surface area contributed by atoms with Crippen molar-refractivity contribution in [2.24, 2.45) is 11.8 Å². The van der Waals surface area contributed by atoms with E-state index in [0.29, 0.717) is 5.92 Å². The first-order valence-corrected chi connectivity index (χ1v) is 6.21. The minimum atomic E-state index is 0.287. The number of thiophene rings is 1. The summed E-state index contributed by atoms with van der Waals surface area (Å²) in [4.78, 5) is 2.68. The van der Waals surface area contributed by atoms with E-state index in [4.69, 9.17) is 10.6 Å². The molecule has 1 saturated heterocycles. The van der Waals surface area contributed by atoms with E-state index in [-0.39, 0.29) is 6.04 Å². The molecule has 4 heteroatoms. The van der Waals surface area contributed by atoms with Gasteiger partial charge in [-0.1, -0.05) is 0 Å². The largest absolute Gasteiger partial charge is 0.381 e. The summed E-state index contributed by atoms with van der Waals surface area (Å²) in [5.74, 6) is 6.27. The Kier molecular flexibility index (Phi) is 3.75. The third kappa shape index (κ3) is 2.78. The van der Waals surface area contributed by atoms with Crippen molar-refractivity contribution in [3.63, 3.8) is 0 Å². The summed E-state index contributed by atoms with van der Waals surface area (Å²) < 4.78 is 5.38. The number of hydrogen-bond donors (Lipinski definition) is 2. The molecule has 84 valence electrons. The summed E-state index contributed by atoms with van der Waals surface area (Å²) in [5.41, 5.74) is 2.91. The normalized spacial score (nSPS) is 23.2. The topological polar surface area (TPSA) is 47.3 Å². The van der Waals surface area contributed by atoms with Crippen molar-refractivity contribution in [3.05, 3.63) is 21.9 Å². The maximum atomic E-state index is 5.61. The monoisotopic (exact) mass is 226 g/mol. The molecular formula is C11H18N2OS. The van der Waals surface area contributed by atoms with Crippen molar-refractivity contribution in [3.8, 4) is 0 Å². The number of nitrogens with two attached hydrogens (primary N) is 1. The molecule has 2 unspecified atom stereocenters. The van der Waals surface area contributed by atoms with Crippen LogP contribution in [0.2, 0.25) is 0 Å². The lowest BCUT2D eigenvalue weighted by Gasteiger charge is -2.17. The first-order chi connectivity index (χ1) is 7.29. The minimum absolute atomic E-state index is 0.287. The second kappa shape index (κ2) is 5.07. The van der Waals surface area contributed by atoms with Crippen molar-refractivity contribution in [2.45, 2.75) is 25.8 Å². The van der Waals surface area contributed by atoms with E-state index < -0.39 is 0 Å². The third-order valence-corrected chi connectivity index (χ3v) is 4.01. The number of rotatable bonds is 4. The van der Waals surface area contributed by atoms with Crippen molar-refractivity contribution in [1.82, 2.24) is 5.43 Å². The van der Waals surface area contributed by atoms with Gasteiger partial charge in [-0.3, -0.25) is 11.3 Å². The molecule has 0 aliphatic carbocycles. The summed E-state index contributed by atoms with van der Waals surface area (Å²) >= 11 is 1.82. The van der Waals surface area contributed by atoms with E-state index in [0.717, 1.165) is 19.6 Å². The highest BCUT2D eigenvalue weighted by Gasteiger charge is 2.21. The number of nitrogens with one attached hydrogen (secondary N) is 1. The molecule has 0 radical (unpaired) electrons. The van der Waals surface area contributed by atoms with E-state index in [1.807, 2.05) is 11.3 Å². The van der Waals surface area contributed by atoms with Gasteiger partial charge in [0.2, 0.25) is 0 Å². The van der Waals surface area contributed by atoms with Gasteiger partial charge >= 0.3 is 0 Å². The fourth-order valence-electron chi connectivity index (χ4n) is 2.01. The van der Waals surface area contributed by atoms with Crippen LogP contribution < -0.4 is 11.3 Å². The van der Waals surface area contributed by atoms with Gasteiger partial charge in [0, 0.05) is 23.0 Å². The summed E-state index contributed by atoms with van der Waals surface area (Å²) in [5, 5.41) is 0. The molecule has 15 heavy (non-hydrogen) atoms. The fraction of sp³-hybridized carbons (Fsp3) is 0.636. The third-order valence-electron chi connectivity index (χ3n) is 2.90. The van der Waals surface area contributed by atoms with Crippen LogP contribution >= 0.6 is 11.3 Å². The van der Waals surface area contributed by atoms with E-state index in [1.54, 1.807) is 0 Å². The van der Waals surface area contributed by atoms with Gasteiger partial charge in [-0.05, 0) is 37.8 Å². The van der Waals surface area contributed by atoms with Crippen LogP contribution in [0.5, 0.6) is 0 Å². The van der Waals surface area contributed by atoms with Crippen LogP contribution in [0.1, 0.15) is 28.6 Å². The van der Waals surface area contributed by atoms with Gasteiger partial charge in [0.25, 0.3) is 0 Å². The quantitative estimate of drug-likeness (QED) is 0.609. The summed E-state index contributed by atoms with van der Waals surface area (Å²) in [6, 6.07) is 4.60. The maximum Gasteiger partial charge on any atom is 0.0556 e. The molecule has 3 nitrogen and oxygen atoms in total. The highest BCUT2D eigenvalue weighted by molar-refractivity contribution is 7.12. The van der Waals surface area contributed by atoms with Crippen LogP contribution in [0, 0.1) is 12.8 Å². The molecular weight excluding hydrogens is 208 g/mol. The Morgan fingerprint density at radius 3 is 3.07 bits per heavy atom. The molecule has 2 rings (SSSR count). The van der Waals surface area contributed by atoms with Gasteiger partial charge in [-0.15, -0.1) is 11.3 Å². The Hall–Kier alpha value is -0.420. The van der Waals surface area contributed by atoms with Gasteiger partial charge in [0.05, 0.1) is 6.04 Å². The predicted molar refractivity (Wildman–Crippen MR) is 62.7 cm³/mol. The lowest BCUT2D eigenvalue weighted by molar-refractivity contribution is 0.181. The average molecular weight is 226 g/mol. The highest BCUT2D eigenvalue weighted by Crippen LogP contribution is 2.29. The van der Waals surface area contributed by atoms with Gasteiger partial charge in [0.1, 0.15) is 0 Å². The zero-order valence-electron chi connectivity index (χ0n) is 9.03. The van der Waals surface area contributed by atoms with Gasteiger partial charge in [0.15, 0.2) is 0 Å². The van der Waals surface area contributed by atoms with Gasteiger partial charge in [-0.25, -0.2) is 0 Å². The van der Waals surface area contributed by atoms with Crippen molar-refractivity contribution >= 4 is 11.3 Å². The Bertz CT molecular complexity index is 307. The molecule has 3 N–H and O–H groups in total. The zero-order chi connectivity index (χ0) is 10.7. The van der Waals surface area contributed by atoms with Crippen molar-refractivity contribution in [2.75, 3.05) is 13.2 Å². The van der Waals surface area contributed by atoms with Gasteiger partial charge < -0.3 is 4.74 Å². The minimum Gasteiger partial charge on any atom is -0.381 e. The van der Waals surface area contributed by atoms with E-state index >= 15 is 0 Å². The van der Waals surface area contributed by atoms with Crippen LogP contribution in [0.25, 0.3) is 0 Å². The summed E-state index contributed by atoms with van der Waals surface area (Å²) in [6.45, 7) is 3.92. The Balaban J connectivity index is 1.97. The van der Waals surface area contributed by atoms with Crippen LogP contribution in [0.3, 0.4) is 0 Å². The molecule has 0 bridgehead atoms. The summed E-state index contributed by atoms with van der Waals surface area (Å²) in [7, 11) is 0. The maximum absolute atomic E-state index is 5.61. The molecule has 0 saturated carbocycles. The number of hydrogen-bond acceptors (Lipinski definition) is 4. The number of ether oxygens (including phenoxy) is 1. The lowest BCUT2D eigenvalue weighted by atomic mass is 9.99. The van der Waals surface area contributed by atoms with E-state index in [1.165, 1.54) is 16.2 Å². The summed E-state index contributed by atoms with van der Waals surface area (Å²) in [6.07, 6.45) is 2.25. The molecule has 0 spiro atoms. The number of aryl methyl sites for hydroxylation is 1. The SMILES string of the molecule is Cc1ccc(C(CC2CCOC2)NN)s1. The molecule has 1 fully saturated rings. The smallest absolute Gasteiger partial charge is 0.0556 e. The Labute approximate surface area is 94.6 Å². The Morgan fingerprint density at radius 2 is 2.53 bits per heavy atom. The lowest BCUT2D eigenvalue weighted by Crippen LogP contribution is -2.29. The second-order valence-corrected chi connectivity index (χ2v) is 5.45. The van der Waals surface area contributed by atoms with E-state index in [2.05, 4.69) is 24.5 Å².